The van der Waals surface area contributed by atoms with Gasteiger partial charge in [0.1, 0.15) is 5.76 Å². The number of anilines is 1. The number of piperidine rings is 1. The molecule has 2 heterocycles. The van der Waals surface area contributed by atoms with Crippen LogP contribution in [0.25, 0.3) is 0 Å². The Morgan fingerprint density at radius 2 is 2.07 bits per heavy atom. The molecule has 3 unspecified atom stereocenters. The van der Waals surface area contributed by atoms with E-state index in [1.807, 2.05) is 23.1 Å². The SMILES string of the molecule is Cc1cc(NC(=O)C(C)SCC(=O)N2C(C)CCCC2c2ccccc2)no1. The lowest BCUT2D eigenvalue weighted by molar-refractivity contribution is -0.135. The molecule has 150 valence electrons. The summed E-state index contributed by atoms with van der Waals surface area (Å²) in [6.07, 6.45) is 3.11. The summed E-state index contributed by atoms with van der Waals surface area (Å²) in [5.41, 5.74) is 1.18. The monoisotopic (exact) mass is 401 g/mol. The zero-order chi connectivity index (χ0) is 20.1. The quantitative estimate of drug-likeness (QED) is 0.786. The third-order valence-electron chi connectivity index (χ3n) is 5.09. The molecule has 1 aliphatic rings. The fourth-order valence-corrected chi connectivity index (χ4v) is 4.37. The number of likely N-dealkylation sites (tertiary alicyclic amines) is 1. The highest BCUT2D eigenvalue weighted by atomic mass is 32.2. The molecule has 0 saturated carbocycles. The van der Waals surface area contributed by atoms with Crippen LogP contribution in [0.4, 0.5) is 5.82 Å². The summed E-state index contributed by atoms with van der Waals surface area (Å²) in [5, 5.41) is 6.12. The van der Waals surface area contributed by atoms with Gasteiger partial charge in [-0.25, -0.2) is 0 Å². The molecule has 1 aliphatic heterocycles. The number of benzene rings is 1. The predicted molar refractivity (Wildman–Crippen MR) is 111 cm³/mol. The molecule has 2 amide bonds. The number of hydrogen-bond donors (Lipinski definition) is 1. The molecular formula is C21H27N3O3S. The molecule has 6 nitrogen and oxygen atoms in total. The number of rotatable bonds is 6. The van der Waals surface area contributed by atoms with Crippen LogP contribution in [-0.4, -0.2) is 38.9 Å². The largest absolute Gasteiger partial charge is 0.360 e. The number of amides is 2. The Kier molecular flexibility index (Phi) is 6.78. The molecule has 1 aromatic carbocycles. The van der Waals surface area contributed by atoms with Gasteiger partial charge in [-0.1, -0.05) is 35.5 Å². The van der Waals surface area contributed by atoms with Crippen molar-refractivity contribution in [3.63, 3.8) is 0 Å². The molecule has 0 spiro atoms. The number of thioether (sulfide) groups is 1. The fourth-order valence-electron chi connectivity index (χ4n) is 3.61. The van der Waals surface area contributed by atoms with Gasteiger partial charge in [-0.3, -0.25) is 9.59 Å². The summed E-state index contributed by atoms with van der Waals surface area (Å²) in [4.78, 5) is 27.4. The minimum Gasteiger partial charge on any atom is -0.360 e. The average molecular weight is 402 g/mol. The summed E-state index contributed by atoms with van der Waals surface area (Å²) in [5.74, 6) is 1.22. The molecule has 0 bridgehead atoms. The van der Waals surface area contributed by atoms with Crippen molar-refractivity contribution in [2.45, 2.75) is 57.4 Å². The maximum atomic E-state index is 13.0. The van der Waals surface area contributed by atoms with E-state index in [0.717, 1.165) is 19.3 Å². The van der Waals surface area contributed by atoms with Crippen LogP contribution in [0.15, 0.2) is 40.9 Å². The van der Waals surface area contributed by atoms with Crippen molar-refractivity contribution in [2.24, 2.45) is 0 Å². The zero-order valence-electron chi connectivity index (χ0n) is 16.6. The van der Waals surface area contributed by atoms with Gasteiger partial charge < -0.3 is 14.7 Å². The van der Waals surface area contributed by atoms with Crippen molar-refractivity contribution in [3.8, 4) is 0 Å². The van der Waals surface area contributed by atoms with Crippen molar-refractivity contribution < 1.29 is 14.1 Å². The van der Waals surface area contributed by atoms with Crippen LogP contribution in [0, 0.1) is 6.92 Å². The first-order valence-corrected chi connectivity index (χ1v) is 10.7. The van der Waals surface area contributed by atoms with Crippen LogP contribution in [0.2, 0.25) is 0 Å². The lowest BCUT2D eigenvalue weighted by atomic mass is 9.91. The van der Waals surface area contributed by atoms with Crippen molar-refractivity contribution in [3.05, 3.63) is 47.7 Å². The van der Waals surface area contributed by atoms with E-state index in [-0.39, 0.29) is 34.9 Å². The van der Waals surface area contributed by atoms with E-state index in [2.05, 4.69) is 29.5 Å². The molecule has 0 radical (unpaired) electrons. The zero-order valence-corrected chi connectivity index (χ0v) is 17.4. The highest BCUT2D eigenvalue weighted by Gasteiger charge is 2.33. The highest BCUT2D eigenvalue weighted by molar-refractivity contribution is 8.01. The highest BCUT2D eigenvalue weighted by Crippen LogP contribution is 2.35. The molecular weight excluding hydrogens is 374 g/mol. The molecule has 1 N–H and O–H groups in total. The van der Waals surface area contributed by atoms with Gasteiger partial charge in [0.25, 0.3) is 0 Å². The van der Waals surface area contributed by atoms with Crippen LogP contribution in [0.3, 0.4) is 0 Å². The molecule has 1 aromatic heterocycles. The number of nitrogens with zero attached hydrogens (tertiary/aromatic N) is 2. The van der Waals surface area contributed by atoms with Gasteiger partial charge in [0.2, 0.25) is 11.8 Å². The normalized spacial score (nSPS) is 20.6. The van der Waals surface area contributed by atoms with E-state index >= 15 is 0 Å². The summed E-state index contributed by atoms with van der Waals surface area (Å²) < 4.78 is 4.96. The second-order valence-corrected chi connectivity index (χ2v) is 8.60. The van der Waals surface area contributed by atoms with Gasteiger partial charge in [0.05, 0.1) is 17.0 Å². The molecule has 7 heteroatoms. The number of nitrogens with one attached hydrogen (secondary N) is 1. The van der Waals surface area contributed by atoms with E-state index in [0.29, 0.717) is 11.6 Å². The van der Waals surface area contributed by atoms with Gasteiger partial charge in [0, 0.05) is 12.1 Å². The van der Waals surface area contributed by atoms with Crippen LogP contribution >= 0.6 is 11.8 Å². The molecule has 0 aliphatic carbocycles. The van der Waals surface area contributed by atoms with Crippen LogP contribution in [0.5, 0.6) is 0 Å². The van der Waals surface area contributed by atoms with E-state index in [9.17, 15) is 9.59 Å². The fraction of sp³-hybridized carbons (Fsp3) is 0.476. The Morgan fingerprint density at radius 3 is 2.75 bits per heavy atom. The minimum absolute atomic E-state index is 0.0861. The van der Waals surface area contributed by atoms with E-state index in [1.54, 1.807) is 19.9 Å². The number of hydrogen-bond acceptors (Lipinski definition) is 5. The Morgan fingerprint density at radius 1 is 1.32 bits per heavy atom. The first-order valence-electron chi connectivity index (χ1n) is 9.67. The van der Waals surface area contributed by atoms with Crippen LogP contribution in [-0.2, 0) is 9.59 Å². The number of aryl methyl sites for hydroxylation is 1. The standard InChI is InChI=1S/C21H27N3O3S/c1-14-8-7-11-18(17-9-5-4-6-10-17)24(14)20(25)13-28-16(3)21(26)22-19-12-15(2)27-23-19/h4-6,9-10,12,14,16,18H,7-8,11,13H2,1-3H3,(H,22,23,26). The van der Waals surface area contributed by atoms with Gasteiger partial charge in [0.15, 0.2) is 5.82 Å². The number of aromatic nitrogens is 1. The maximum absolute atomic E-state index is 13.0. The summed E-state index contributed by atoms with van der Waals surface area (Å²) >= 11 is 1.35. The Balaban J connectivity index is 1.59. The summed E-state index contributed by atoms with van der Waals surface area (Å²) in [6, 6.07) is 12.2. The van der Waals surface area contributed by atoms with Crippen molar-refractivity contribution in [1.82, 2.24) is 10.1 Å². The molecule has 3 rings (SSSR count). The summed E-state index contributed by atoms with van der Waals surface area (Å²) in [6.45, 7) is 5.68. The van der Waals surface area contributed by atoms with Gasteiger partial charge >= 0.3 is 0 Å². The molecule has 1 fully saturated rings. The van der Waals surface area contributed by atoms with Crippen molar-refractivity contribution >= 4 is 29.4 Å². The first-order chi connectivity index (χ1) is 13.5. The lowest BCUT2D eigenvalue weighted by Gasteiger charge is -2.41. The van der Waals surface area contributed by atoms with Gasteiger partial charge in [-0.05, 0) is 45.6 Å². The van der Waals surface area contributed by atoms with Gasteiger partial charge in [-0.15, -0.1) is 11.8 Å². The summed E-state index contributed by atoms with van der Waals surface area (Å²) in [7, 11) is 0. The predicted octanol–water partition coefficient (Wildman–Crippen LogP) is 4.19. The molecule has 3 atom stereocenters. The smallest absolute Gasteiger partial charge is 0.238 e. The number of carbonyl (C=O) groups is 2. The Bertz CT molecular complexity index is 808. The van der Waals surface area contributed by atoms with Crippen LogP contribution < -0.4 is 5.32 Å². The first kappa shape index (κ1) is 20.5. The third-order valence-corrected chi connectivity index (χ3v) is 6.22. The Hall–Kier alpha value is -2.28. The second-order valence-electron chi connectivity index (χ2n) is 7.27. The van der Waals surface area contributed by atoms with Crippen LogP contribution in [0.1, 0.15) is 50.5 Å². The van der Waals surface area contributed by atoms with E-state index < -0.39 is 0 Å². The average Bonchev–Trinajstić information content (AvgIpc) is 3.10. The minimum atomic E-state index is -0.365. The van der Waals surface area contributed by atoms with Gasteiger partial charge in [-0.2, -0.15) is 0 Å². The van der Waals surface area contributed by atoms with Crippen molar-refractivity contribution in [1.29, 1.82) is 0 Å². The lowest BCUT2D eigenvalue weighted by Crippen LogP contribution is -2.45. The molecule has 28 heavy (non-hydrogen) atoms. The van der Waals surface area contributed by atoms with E-state index in [4.69, 9.17) is 4.52 Å². The van der Waals surface area contributed by atoms with E-state index in [1.165, 1.54) is 17.3 Å². The molecule has 2 aromatic rings. The Labute approximate surface area is 170 Å². The topological polar surface area (TPSA) is 75.4 Å². The second kappa shape index (κ2) is 9.28. The number of carbonyl (C=O) groups excluding carboxylic acids is 2. The third kappa shape index (κ3) is 4.95. The maximum Gasteiger partial charge on any atom is 0.238 e. The van der Waals surface area contributed by atoms with Crippen molar-refractivity contribution in [2.75, 3.05) is 11.1 Å². The molecule has 1 saturated heterocycles.